The number of rotatable bonds is 5. The van der Waals surface area contributed by atoms with E-state index in [1.54, 1.807) is 12.1 Å². The van der Waals surface area contributed by atoms with Crippen LogP contribution in [0.2, 0.25) is 5.02 Å². The van der Waals surface area contributed by atoms with Gasteiger partial charge in [-0.2, -0.15) is 0 Å². The molecule has 1 unspecified atom stereocenters. The van der Waals surface area contributed by atoms with Crippen molar-refractivity contribution in [1.29, 1.82) is 0 Å². The van der Waals surface area contributed by atoms with Gasteiger partial charge in [0.05, 0.1) is 18.8 Å². The highest BCUT2D eigenvalue weighted by molar-refractivity contribution is 6.31. The largest absolute Gasteiger partial charge is 0.487 e. The molecule has 2 heterocycles. The summed E-state index contributed by atoms with van der Waals surface area (Å²) >= 11 is 6.03. The van der Waals surface area contributed by atoms with E-state index < -0.39 is 5.97 Å². The van der Waals surface area contributed by atoms with Crippen molar-refractivity contribution in [2.24, 2.45) is 0 Å². The minimum Gasteiger partial charge on any atom is -0.487 e. The molecule has 1 atom stereocenters. The van der Waals surface area contributed by atoms with Crippen LogP contribution >= 0.6 is 11.6 Å². The summed E-state index contributed by atoms with van der Waals surface area (Å²) in [5.41, 5.74) is 1.75. The number of carbonyl (C=O) groups is 1. The molecule has 0 saturated carbocycles. The van der Waals surface area contributed by atoms with Gasteiger partial charge in [0.2, 0.25) is 0 Å². The number of esters is 1. The van der Waals surface area contributed by atoms with Crippen LogP contribution in [0.4, 0.5) is 0 Å². The lowest BCUT2D eigenvalue weighted by Crippen LogP contribution is -2.19. The van der Waals surface area contributed by atoms with Crippen LogP contribution in [0.1, 0.15) is 46.3 Å². The quantitative estimate of drug-likeness (QED) is 0.824. The standard InChI is InChI=1S/C18H20ClN3O3/c1-11-8-12(5-6-14(11)19)25-10-16-13(18(23)24-2)9-21-17(22-16)15-4-3-7-20-15/h5-6,8-9,15,20H,3-4,7,10H2,1-2H3. The molecule has 0 spiro atoms. The molecule has 0 aliphatic carbocycles. The Bertz CT molecular complexity index is 776. The van der Waals surface area contributed by atoms with Gasteiger partial charge in [-0.25, -0.2) is 14.8 Å². The molecule has 0 amide bonds. The van der Waals surface area contributed by atoms with Crippen molar-refractivity contribution in [3.63, 3.8) is 0 Å². The van der Waals surface area contributed by atoms with Crippen LogP contribution in [0.5, 0.6) is 5.75 Å². The molecule has 1 aliphatic heterocycles. The predicted octanol–water partition coefficient (Wildman–Crippen LogP) is 3.23. The zero-order valence-electron chi connectivity index (χ0n) is 14.2. The summed E-state index contributed by atoms with van der Waals surface area (Å²) in [5.74, 6) is 0.865. The molecule has 1 saturated heterocycles. The molecular weight excluding hydrogens is 342 g/mol. The summed E-state index contributed by atoms with van der Waals surface area (Å²) in [4.78, 5) is 20.9. The van der Waals surface area contributed by atoms with Crippen molar-refractivity contribution >= 4 is 17.6 Å². The SMILES string of the molecule is COC(=O)c1cnc(C2CCCN2)nc1COc1ccc(Cl)c(C)c1. The fraction of sp³-hybridized carbons (Fsp3) is 0.389. The Morgan fingerprint density at radius 2 is 2.28 bits per heavy atom. The van der Waals surface area contributed by atoms with E-state index in [0.717, 1.165) is 24.9 Å². The summed E-state index contributed by atoms with van der Waals surface area (Å²) in [5, 5.41) is 4.03. The number of aryl methyl sites for hydroxylation is 1. The second kappa shape index (κ2) is 7.80. The van der Waals surface area contributed by atoms with E-state index in [4.69, 9.17) is 21.1 Å². The van der Waals surface area contributed by atoms with Gasteiger partial charge in [0.1, 0.15) is 23.7 Å². The van der Waals surface area contributed by atoms with Crippen molar-refractivity contribution in [2.45, 2.75) is 32.4 Å². The Labute approximate surface area is 151 Å². The Morgan fingerprint density at radius 3 is 2.96 bits per heavy atom. The first kappa shape index (κ1) is 17.6. The first-order valence-electron chi connectivity index (χ1n) is 8.15. The molecule has 0 bridgehead atoms. The lowest BCUT2D eigenvalue weighted by molar-refractivity contribution is 0.0596. The van der Waals surface area contributed by atoms with E-state index in [2.05, 4.69) is 15.3 Å². The predicted molar refractivity (Wildman–Crippen MR) is 93.9 cm³/mol. The van der Waals surface area contributed by atoms with Crippen molar-refractivity contribution in [3.05, 3.63) is 52.1 Å². The minimum atomic E-state index is -0.475. The molecule has 25 heavy (non-hydrogen) atoms. The Balaban J connectivity index is 1.84. The van der Waals surface area contributed by atoms with Gasteiger partial charge < -0.3 is 14.8 Å². The van der Waals surface area contributed by atoms with Crippen LogP contribution in [-0.2, 0) is 11.3 Å². The summed E-state index contributed by atoms with van der Waals surface area (Å²) in [6.45, 7) is 3.00. The number of nitrogens with zero attached hydrogens (tertiary/aromatic N) is 2. The molecular formula is C18H20ClN3O3. The molecule has 7 heteroatoms. The van der Waals surface area contributed by atoms with E-state index in [1.165, 1.54) is 13.3 Å². The molecule has 1 aromatic carbocycles. The highest BCUT2D eigenvalue weighted by Crippen LogP contribution is 2.24. The third-order valence-corrected chi connectivity index (χ3v) is 4.59. The molecule has 0 radical (unpaired) electrons. The van der Waals surface area contributed by atoms with Crippen molar-refractivity contribution in [3.8, 4) is 5.75 Å². The number of benzene rings is 1. The van der Waals surface area contributed by atoms with Crippen LogP contribution in [0.25, 0.3) is 0 Å². The second-order valence-electron chi connectivity index (χ2n) is 5.93. The van der Waals surface area contributed by atoms with Gasteiger partial charge in [0.25, 0.3) is 0 Å². The van der Waals surface area contributed by atoms with Gasteiger partial charge in [0, 0.05) is 11.2 Å². The smallest absolute Gasteiger partial charge is 0.341 e. The van der Waals surface area contributed by atoms with Crippen molar-refractivity contribution < 1.29 is 14.3 Å². The highest BCUT2D eigenvalue weighted by Gasteiger charge is 2.22. The fourth-order valence-corrected chi connectivity index (χ4v) is 2.87. The Hall–Kier alpha value is -2.18. The Morgan fingerprint density at radius 1 is 1.44 bits per heavy atom. The first-order chi connectivity index (χ1) is 12.1. The zero-order chi connectivity index (χ0) is 17.8. The molecule has 1 N–H and O–H groups in total. The van der Waals surface area contributed by atoms with Gasteiger partial charge in [-0.15, -0.1) is 0 Å². The van der Waals surface area contributed by atoms with Crippen LogP contribution in [0.15, 0.2) is 24.4 Å². The third kappa shape index (κ3) is 4.08. The molecule has 6 nitrogen and oxygen atoms in total. The van der Waals surface area contributed by atoms with E-state index in [1.807, 2.05) is 13.0 Å². The van der Waals surface area contributed by atoms with Crippen molar-refractivity contribution in [2.75, 3.05) is 13.7 Å². The summed E-state index contributed by atoms with van der Waals surface area (Å²) in [6.07, 6.45) is 3.58. The number of hydrogen-bond acceptors (Lipinski definition) is 6. The van der Waals surface area contributed by atoms with E-state index in [0.29, 0.717) is 27.9 Å². The van der Waals surface area contributed by atoms with E-state index in [-0.39, 0.29) is 12.6 Å². The second-order valence-corrected chi connectivity index (χ2v) is 6.34. The van der Waals surface area contributed by atoms with Gasteiger partial charge in [-0.3, -0.25) is 0 Å². The number of ether oxygens (including phenoxy) is 2. The number of nitrogens with one attached hydrogen (secondary N) is 1. The normalized spacial score (nSPS) is 16.7. The monoisotopic (exact) mass is 361 g/mol. The topological polar surface area (TPSA) is 73.3 Å². The van der Waals surface area contributed by atoms with Crippen LogP contribution in [0.3, 0.4) is 0 Å². The Kier molecular flexibility index (Phi) is 5.50. The number of aromatic nitrogens is 2. The summed E-state index contributed by atoms with van der Waals surface area (Å²) < 4.78 is 10.6. The lowest BCUT2D eigenvalue weighted by atomic mass is 10.2. The molecule has 1 aliphatic rings. The molecule has 2 aromatic rings. The van der Waals surface area contributed by atoms with E-state index in [9.17, 15) is 4.79 Å². The third-order valence-electron chi connectivity index (χ3n) is 4.17. The van der Waals surface area contributed by atoms with Crippen LogP contribution in [-0.4, -0.2) is 29.6 Å². The number of halogens is 1. The molecule has 1 aromatic heterocycles. The number of hydrogen-bond donors (Lipinski definition) is 1. The van der Waals surface area contributed by atoms with Gasteiger partial charge in [-0.05, 0) is 50.1 Å². The maximum atomic E-state index is 12.0. The maximum absolute atomic E-state index is 12.0. The summed E-state index contributed by atoms with van der Waals surface area (Å²) in [7, 11) is 1.34. The minimum absolute atomic E-state index is 0.114. The van der Waals surface area contributed by atoms with Gasteiger partial charge in [0.15, 0.2) is 0 Å². The van der Waals surface area contributed by atoms with Gasteiger partial charge >= 0.3 is 5.97 Å². The van der Waals surface area contributed by atoms with Crippen LogP contribution in [0, 0.1) is 6.92 Å². The summed E-state index contributed by atoms with van der Waals surface area (Å²) in [6, 6.07) is 5.53. The highest BCUT2D eigenvalue weighted by atomic mass is 35.5. The molecule has 1 fully saturated rings. The molecule has 3 rings (SSSR count). The molecule has 132 valence electrons. The van der Waals surface area contributed by atoms with Crippen LogP contribution < -0.4 is 10.1 Å². The zero-order valence-corrected chi connectivity index (χ0v) is 15.0. The maximum Gasteiger partial charge on any atom is 0.341 e. The average molecular weight is 362 g/mol. The fourth-order valence-electron chi connectivity index (χ4n) is 2.75. The number of carbonyl (C=O) groups excluding carboxylic acids is 1. The number of methoxy groups -OCH3 is 1. The lowest BCUT2D eigenvalue weighted by Gasteiger charge is -2.14. The first-order valence-corrected chi connectivity index (χ1v) is 8.52. The van der Waals surface area contributed by atoms with Crippen molar-refractivity contribution in [1.82, 2.24) is 15.3 Å². The van der Waals surface area contributed by atoms with Gasteiger partial charge in [-0.1, -0.05) is 11.6 Å². The van der Waals surface area contributed by atoms with E-state index >= 15 is 0 Å². The average Bonchev–Trinajstić information content (AvgIpc) is 3.16.